The van der Waals surface area contributed by atoms with Gasteiger partial charge in [0.05, 0.1) is 26.8 Å². The van der Waals surface area contributed by atoms with Crippen LogP contribution in [0, 0.1) is 12.8 Å². The minimum absolute atomic E-state index is 0.143. The number of amides is 2. The molecule has 2 aromatic rings. The Balaban J connectivity index is 1.51. The monoisotopic (exact) mass is 494 g/mol. The van der Waals surface area contributed by atoms with Gasteiger partial charge in [-0.05, 0) is 75.3 Å². The lowest BCUT2D eigenvalue weighted by atomic mass is 9.82. The highest BCUT2D eigenvalue weighted by Gasteiger charge is 2.50. The van der Waals surface area contributed by atoms with E-state index in [0.717, 1.165) is 22.4 Å². The minimum atomic E-state index is -0.758. The summed E-state index contributed by atoms with van der Waals surface area (Å²) in [6.45, 7) is 9.11. The van der Waals surface area contributed by atoms with Crippen LogP contribution < -0.4 is 10.1 Å². The average Bonchev–Trinajstić information content (AvgIpc) is 3.62. The van der Waals surface area contributed by atoms with E-state index in [0.29, 0.717) is 32.0 Å². The molecule has 0 radical (unpaired) electrons. The van der Waals surface area contributed by atoms with Crippen molar-refractivity contribution in [2.24, 2.45) is 5.92 Å². The molecule has 2 fully saturated rings. The minimum Gasteiger partial charge on any atom is -0.497 e. The maximum absolute atomic E-state index is 13.7. The van der Waals surface area contributed by atoms with Crippen LogP contribution >= 0.6 is 0 Å². The third kappa shape index (κ3) is 6.38. The molecule has 1 aliphatic carbocycles. The molecule has 1 N–H and O–H groups in total. The molecule has 0 bridgehead atoms. The van der Waals surface area contributed by atoms with E-state index in [1.54, 1.807) is 32.8 Å². The summed E-state index contributed by atoms with van der Waals surface area (Å²) < 4.78 is 17.2. The predicted octanol–water partition coefficient (Wildman–Crippen LogP) is 4.60. The number of likely N-dealkylation sites (tertiary alicyclic amines) is 1. The number of benzene rings is 2. The summed E-state index contributed by atoms with van der Waals surface area (Å²) >= 11 is 0. The van der Waals surface area contributed by atoms with Gasteiger partial charge in [-0.1, -0.05) is 36.4 Å². The number of rotatable bonds is 9. The van der Waals surface area contributed by atoms with Crippen molar-refractivity contribution in [1.82, 2.24) is 10.2 Å². The SMILES string of the molecule is COc1ccc(C[C@@H](NC(=O)OC(C)(C)C)C(=O)N2CC(OCC3CC3)(c3ccccc3C)C2)cc1. The van der Waals surface area contributed by atoms with E-state index in [9.17, 15) is 9.59 Å². The van der Waals surface area contributed by atoms with Crippen molar-refractivity contribution in [2.75, 3.05) is 26.8 Å². The van der Waals surface area contributed by atoms with Crippen molar-refractivity contribution in [2.45, 2.75) is 64.2 Å². The van der Waals surface area contributed by atoms with Gasteiger partial charge in [0.2, 0.25) is 5.91 Å². The molecule has 2 aromatic carbocycles. The topological polar surface area (TPSA) is 77.1 Å². The van der Waals surface area contributed by atoms with E-state index in [1.165, 1.54) is 12.8 Å². The number of hydrogen-bond donors (Lipinski definition) is 1. The molecular weight excluding hydrogens is 456 g/mol. The van der Waals surface area contributed by atoms with E-state index < -0.39 is 23.3 Å². The van der Waals surface area contributed by atoms with Gasteiger partial charge in [-0.2, -0.15) is 0 Å². The number of carbonyl (C=O) groups excluding carboxylic acids is 2. The molecular formula is C29H38N2O5. The highest BCUT2D eigenvalue weighted by molar-refractivity contribution is 5.87. The van der Waals surface area contributed by atoms with Gasteiger partial charge >= 0.3 is 6.09 Å². The lowest BCUT2D eigenvalue weighted by Gasteiger charge is -2.51. The van der Waals surface area contributed by atoms with Crippen molar-refractivity contribution >= 4 is 12.0 Å². The van der Waals surface area contributed by atoms with Crippen LogP contribution in [0.2, 0.25) is 0 Å². The Morgan fingerprint density at radius 2 is 1.75 bits per heavy atom. The van der Waals surface area contributed by atoms with Crippen LogP contribution in [-0.4, -0.2) is 55.3 Å². The second-order valence-electron chi connectivity index (χ2n) is 11.0. The zero-order valence-electron chi connectivity index (χ0n) is 22.0. The van der Waals surface area contributed by atoms with Crippen LogP contribution in [0.3, 0.4) is 0 Å². The van der Waals surface area contributed by atoms with Crippen LogP contribution in [0.1, 0.15) is 50.3 Å². The summed E-state index contributed by atoms with van der Waals surface area (Å²) in [7, 11) is 1.61. The van der Waals surface area contributed by atoms with Crippen molar-refractivity contribution in [3.8, 4) is 5.75 Å². The van der Waals surface area contributed by atoms with Gasteiger partial charge in [0.25, 0.3) is 0 Å². The highest BCUT2D eigenvalue weighted by atomic mass is 16.6. The summed E-state index contributed by atoms with van der Waals surface area (Å²) in [4.78, 5) is 28.1. The van der Waals surface area contributed by atoms with Gasteiger partial charge < -0.3 is 24.4 Å². The molecule has 4 rings (SSSR count). The van der Waals surface area contributed by atoms with E-state index in [2.05, 4.69) is 24.4 Å². The first-order valence-electron chi connectivity index (χ1n) is 12.7. The maximum atomic E-state index is 13.7. The quantitative estimate of drug-likeness (QED) is 0.551. The number of aryl methyl sites for hydroxylation is 1. The first-order chi connectivity index (χ1) is 17.1. The van der Waals surface area contributed by atoms with Gasteiger partial charge in [0.1, 0.15) is 23.0 Å². The van der Waals surface area contributed by atoms with Crippen LogP contribution in [0.5, 0.6) is 5.75 Å². The third-order valence-electron chi connectivity index (χ3n) is 6.72. The van der Waals surface area contributed by atoms with Gasteiger partial charge in [-0.3, -0.25) is 4.79 Å². The van der Waals surface area contributed by atoms with Crippen LogP contribution in [-0.2, 0) is 26.3 Å². The largest absolute Gasteiger partial charge is 0.497 e. The predicted molar refractivity (Wildman–Crippen MR) is 138 cm³/mol. The van der Waals surface area contributed by atoms with Crippen molar-refractivity contribution in [1.29, 1.82) is 0 Å². The molecule has 194 valence electrons. The molecule has 1 aliphatic heterocycles. The first kappa shape index (κ1) is 26.0. The van der Waals surface area contributed by atoms with E-state index in [-0.39, 0.29) is 5.91 Å². The fourth-order valence-corrected chi connectivity index (χ4v) is 4.58. The Kier molecular flexibility index (Phi) is 7.59. The zero-order valence-corrected chi connectivity index (χ0v) is 22.0. The van der Waals surface area contributed by atoms with Gasteiger partial charge in [0, 0.05) is 6.42 Å². The Morgan fingerprint density at radius 1 is 1.08 bits per heavy atom. The summed E-state index contributed by atoms with van der Waals surface area (Å²) in [5.74, 6) is 1.21. The third-order valence-corrected chi connectivity index (χ3v) is 6.72. The maximum Gasteiger partial charge on any atom is 0.408 e. The summed E-state index contributed by atoms with van der Waals surface area (Å²) in [5.41, 5.74) is 2.02. The zero-order chi connectivity index (χ0) is 25.9. The number of nitrogens with zero attached hydrogens (tertiary/aromatic N) is 1. The van der Waals surface area contributed by atoms with E-state index in [1.807, 2.05) is 36.4 Å². The lowest BCUT2D eigenvalue weighted by Crippen LogP contribution is -2.66. The fraction of sp³-hybridized carbons (Fsp3) is 0.517. The second-order valence-corrected chi connectivity index (χ2v) is 11.0. The van der Waals surface area contributed by atoms with Crippen molar-refractivity contribution in [3.05, 3.63) is 65.2 Å². The smallest absolute Gasteiger partial charge is 0.408 e. The number of methoxy groups -OCH3 is 1. The van der Waals surface area contributed by atoms with Crippen LogP contribution in [0.15, 0.2) is 48.5 Å². The second kappa shape index (κ2) is 10.5. The molecule has 0 unspecified atom stereocenters. The number of nitrogens with one attached hydrogen (secondary N) is 1. The first-order valence-corrected chi connectivity index (χ1v) is 12.7. The Hall–Kier alpha value is -3.06. The van der Waals surface area contributed by atoms with Crippen LogP contribution in [0.25, 0.3) is 0 Å². The lowest BCUT2D eigenvalue weighted by molar-refractivity contribution is -0.176. The van der Waals surface area contributed by atoms with E-state index in [4.69, 9.17) is 14.2 Å². The molecule has 1 atom stereocenters. The molecule has 1 saturated heterocycles. The Labute approximate surface area is 214 Å². The normalized spacial score (nSPS) is 17.6. The average molecular weight is 495 g/mol. The molecule has 2 aliphatic rings. The fourth-order valence-electron chi connectivity index (χ4n) is 4.58. The van der Waals surface area contributed by atoms with Crippen LogP contribution in [0.4, 0.5) is 4.79 Å². The summed E-state index contributed by atoms with van der Waals surface area (Å²) in [5, 5.41) is 2.81. The molecule has 1 heterocycles. The molecule has 7 nitrogen and oxygen atoms in total. The number of alkyl carbamates (subject to hydrolysis) is 1. The number of hydrogen-bond acceptors (Lipinski definition) is 5. The molecule has 1 saturated carbocycles. The molecule has 36 heavy (non-hydrogen) atoms. The summed E-state index contributed by atoms with van der Waals surface area (Å²) in [6, 6.07) is 15.0. The van der Waals surface area contributed by atoms with Crippen molar-refractivity contribution < 1.29 is 23.8 Å². The number of ether oxygens (including phenoxy) is 3. The molecule has 2 amide bonds. The summed E-state index contributed by atoms with van der Waals surface area (Å²) in [6.07, 6.45) is 2.15. The molecule has 7 heteroatoms. The van der Waals surface area contributed by atoms with Gasteiger partial charge in [0.15, 0.2) is 0 Å². The van der Waals surface area contributed by atoms with Gasteiger partial charge in [-0.25, -0.2) is 4.79 Å². The highest BCUT2D eigenvalue weighted by Crippen LogP contribution is 2.40. The van der Waals surface area contributed by atoms with Gasteiger partial charge in [-0.15, -0.1) is 0 Å². The number of carbonyl (C=O) groups is 2. The Morgan fingerprint density at radius 3 is 2.33 bits per heavy atom. The molecule has 0 spiro atoms. The Bertz CT molecular complexity index is 1070. The van der Waals surface area contributed by atoms with Crippen molar-refractivity contribution in [3.63, 3.8) is 0 Å². The van der Waals surface area contributed by atoms with E-state index >= 15 is 0 Å². The molecule has 0 aromatic heterocycles. The standard InChI is InChI=1S/C29H38N2O5/c1-20-8-6-7-9-24(20)29(35-17-22-10-11-22)18-31(19-29)26(32)25(30-27(33)36-28(2,3)4)16-21-12-14-23(34-5)15-13-21/h6-9,12-15,22,25H,10-11,16-19H2,1-5H3,(H,30,33)/t25-/m1/s1.